The Kier molecular flexibility index (Phi) is 5.22. The van der Waals surface area contributed by atoms with Gasteiger partial charge in [-0.3, -0.25) is 4.79 Å². The molecule has 0 aliphatic carbocycles. The zero-order valence-corrected chi connectivity index (χ0v) is 13.1. The van der Waals surface area contributed by atoms with Crippen molar-refractivity contribution in [2.45, 2.75) is 5.38 Å². The first-order valence-electron chi connectivity index (χ1n) is 5.90. The summed E-state index contributed by atoms with van der Waals surface area (Å²) in [5.41, 5.74) is 1.69. The van der Waals surface area contributed by atoms with Gasteiger partial charge in [0.15, 0.2) is 0 Å². The number of carbonyl (C=O) groups excluding carboxylic acids is 1. The summed E-state index contributed by atoms with van der Waals surface area (Å²) in [6.45, 7) is 0.412. The molecule has 98 valence electrons. The van der Waals surface area contributed by atoms with E-state index in [1.54, 1.807) is 0 Å². The molecule has 0 radical (unpaired) electrons. The topological polar surface area (TPSA) is 29.1 Å². The fraction of sp³-hybridized carbons (Fsp3) is 0.133. The first-order valence-corrected chi connectivity index (χ1v) is 7.42. The van der Waals surface area contributed by atoms with E-state index < -0.39 is 0 Å². The van der Waals surface area contributed by atoms with Crippen LogP contribution < -0.4 is 5.32 Å². The first kappa shape index (κ1) is 14.3. The maximum Gasteiger partial charge on any atom is 0.252 e. The summed E-state index contributed by atoms with van der Waals surface area (Å²) in [5, 5.41) is 2.65. The molecule has 1 N–H and O–H groups in total. The van der Waals surface area contributed by atoms with Crippen molar-refractivity contribution in [3.8, 4) is 0 Å². The molecule has 2 rings (SSSR count). The predicted octanol–water partition coefficient (Wildman–Crippen LogP) is 4.00. The largest absolute Gasteiger partial charge is 0.350 e. The quantitative estimate of drug-likeness (QED) is 0.625. The number of hydrogen-bond donors (Lipinski definition) is 1. The van der Waals surface area contributed by atoms with Crippen LogP contribution in [0.2, 0.25) is 0 Å². The lowest BCUT2D eigenvalue weighted by Gasteiger charge is -2.11. The number of alkyl halides is 1. The molecule has 4 heteroatoms. The van der Waals surface area contributed by atoms with Crippen LogP contribution in [0.4, 0.5) is 0 Å². The second-order valence-electron chi connectivity index (χ2n) is 4.07. The van der Waals surface area contributed by atoms with E-state index in [0.717, 1.165) is 9.13 Å². The number of rotatable bonds is 4. The van der Waals surface area contributed by atoms with Gasteiger partial charge >= 0.3 is 0 Å². The molecule has 1 atom stereocenters. The summed E-state index contributed by atoms with van der Waals surface area (Å²) in [5.74, 6) is -0.0911. The van der Waals surface area contributed by atoms with Gasteiger partial charge in [-0.2, -0.15) is 0 Å². The van der Waals surface area contributed by atoms with Crippen LogP contribution in [0, 0.1) is 3.57 Å². The Labute approximate surface area is 131 Å². The van der Waals surface area contributed by atoms with Crippen LogP contribution in [-0.2, 0) is 0 Å². The van der Waals surface area contributed by atoms with Gasteiger partial charge in [-0.1, -0.05) is 42.5 Å². The highest BCUT2D eigenvalue weighted by atomic mass is 127. The second kappa shape index (κ2) is 6.91. The summed E-state index contributed by atoms with van der Waals surface area (Å²) in [6, 6.07) is 17.2. The highest BCUT2D eigenvalue weighted by Crippen LogP contribution is 2.19. The lowest BCUT2D eigenvalue weighted by molar-refractivity contribution is 0.0952. The molecule has 0 aliphatic heterocycles. The molecule has 1 unspecified atom stereocenters. The van der Waals surface area contributed by atoms with Crippen LogP contribution in [0.15, 0.2) is 54.6 Å². The summed E-state index contributed by atoms with van der Waals surface area (Å²) in [4.78, 5) is 12.0. The molecule has 0 aliphatic rings. The molecule has 0 bridgehead atoms. The van der Waals surface area contributed by atoms with Crippen LogP contribution in [0.25, 0.3) is 0 Å². The third-order valence-electron chi connectivity index (χ3n) is 2.72. The van der Waals surface area contributed by atoms with Gasteiger partial charge in [0.1, 0.15) is 0 Å². The summed E-state index contributed by atoms with van der Waals surface area (Å²) < 4.78 is 0.934. The third-order valence-corrected chi connectivity index (χ3v) is 4.07. The van der Waals surface area contributed by atoms with Gasteiger partial charge in [0.25, 0.3) is 5.91 Å². The number of carbonyl (C=O) groups is 1. The zero-order chi connectivity index (χ0) is 13.7. The molecule has 0 fully saturated rings. The minimum absolute atomic E-state index is 0.0911. The monoisotopic (exact) mass is 385 g/mol. The van der Waals surface area contributed by atoms with E-state index in [1.165, 1.54) is 0 Å². The molecule has 2 aromatic rings. The van der Waals surface area contributed by atoms with Gasteiger partial charge in [0.2, 0.25) is 0 Å². The normalized spacial score (nSPS) is 11.9. The summed E-state index contributed by atoms with van der Waals surface area (Å²) in [7, 11) is 0. The summed E-state index contributed by atoms with van der Waals surface area (Å²) >= 11 is 8.41. The molecule has 0 spiro atoms. The first-order chi connectivity index (χ1) is 9.18. The standard InChI is InChI=1S/C15H13ClINO/c16-13(11-6-2-1-3-7-11)10-18-15(19)12-8-4-5-9-14(12)17/h1-9,13H,10H2,(H,18,19). The maximum atomic E-state index is 12.0. The fourth-order valence-electron chi connectivity index (χ4n) is 1.70. The van der Waals surface area contributed by atoms with Crippen molar-refractivity contribution < 1.29 is 4.79 Å². The van der Waals surface area contributed by atoms with E-state index >= 15 is 0 Å². The Morgan fingerprint density at radius 3 is 2.42 bits per heavy atom. The van der Waals surface area contributed by atoms with Gasteiger partial charge in [-0.05, 0) is 40.3 Å². The Morgan fingerprint density at radius 1 is 1.11 bits per heavy atom. The van der Waals surface area contributed by atoms with Gasteiger partial charge in [-0.25, -0.2) is 0 Å². The van der Waals surface area contributed by atoms with Gasteiger partial charge in [0, 0.05) is 10.1 Å². The predicted molar refractivity (Wildman–Crippen MR) is 86.5 cm³/mol. The number of nitrogens with one attached hydrogen (secondary N) is 1. The zero-order valence-electron chi connectivity index (χ0n) is 10.1. The van der Waals surface area contributed by atoms with Crippen molar-refractivity contribution in [2.24, 2.45) is 0 Å². The van der Waals surface area contributed by atoms with Crippen molar-refractivity contribution in [3.05, 3.63) is 69.3 Å². The molecule has 19 heavy (non-hydrogen) atoms. The van der Waals surface area contributed by atoms with Crippen LogP contribution in [0.3, 0.4) is 0 Å². The number of hydrogen-bond acceptors (Lipinski definition) is 1. The van der Waals surface area contributed by atoms with E-state index in [0.29, 0.717) is 12.1 Å². The van der Waals surface area contributed by atoms with Crippen LogP contribution in [0.5, 0.6) is 0 Å². The second-order valence-corrected chi connectivity index (χ2v) is 5.76. The molecule has 2 aromatic carbocycles. The van der Waals surface area contributed by atoms with E-state index in [-0.39, 0.29) is 11.3 Å². The van der Waals surface area contributed by atoms with Gasteiger partial charge in [0.05, 0.1) is 10.9 Å². The Hall–Kier alpha value is -1.07. The van der Waals surface area contributed by atoms with E-state index in [2.05, 4.69) is 27.9 Å². The Bertz CT molecular complexity index is 559. The minimum Gasteiger partial charge on any atom is -0.350 e. The Morgan fingerprint density at radius 2 is 1.74 bits per heavy atom. The maximum absolute atomic E-state index is 12.0. The van der Waals surface area contributed by atoms with E-state index in [4.69, 9.17) is 11.6 Å². The van der Waals surface area contributed by atoms with Crippen molar-refractivity contribution in [2.75, 3.05) is 6.54 Å². The molecule has 1 amide bonds. The smallest absolute Gasteiger partial charge is 0.252 e. The van der Waals surface area contributed by atoms with Crippen molar-refractivity contribution in [1.29, 1.82) is 0 Å². The molecule has 2 nitrogen and oxygen atoms in total. The average molecular weight is 386 g/mol. The van der Waals surface area contributed by atoms with Crippen molar-refractivity contribution in [1.82, 2.24) is 5.32 Å². The van der Waals surface area contributed by atoms with E-state index in [1.807, 2.05) is 54.6 Å². The van der Waals surface area contributed by atoms with Crippen LogP contribution in [-0.4, -0.2) is 12.5 Å². The number of benzene rings is 2. The van der Waals surface area contributed by atoms with Gasteiger partial charge < -0.3 is 5.32 Å². The average Bonchev–Trinajstić information content (AvgIpc) is 2.46. The third kappa shape index (κ3) is 3.94. The number of halogens is 2. The van der Waals surface area contributed by atoms with E-state index in [9.17, 15) is 4.79 Å². The fourth-order valence-corrected chi connectivity index (χ4v) is 2.56. The Balaban J connectivity index is 1.96. The van der Waals surface area contributed by atoms with Crippen molar-refractivity contribution in [3.63, 3.8) is 0 Å². The summed E-state index contributed by atoms with van der Waals surface area (Å²) in [6.07, 6.45) is 0. The SMILES string of the molecule is O=C(NCC(Cl)c1ccccc1)c1ccccc1I. The highest BCUT2D eigenvalue weighted by Gasteiger charge is 2.12. The van der Waals surface area contributed by atoms with Crippen molar-refractivity contribution >= 4 is 40.1 Å². The lowest BCUT2D eigenvalue weighted by Crippen LogP contribution is -2.27. The van der Waals surface area contributed by atoms with Crippen LogP contribution >= 0.6 is 34.2 Å². The molecule has 0 heterocycles. The highest BCUT2D eigenvalue weighted by molar-refractivity contribution is 14.1. The molecule has 0 saturated carbocycles. The number of amides is 1. The molecule has 0 saturated heterocycles. The molecule has 0 aromatic heterocycles. The minimum atomic E-state index is -0.216. The molecular weight excluding hydrogens is 373 g/mol. The lowest BCUT2D eigenvalue weighted by atomic mass is 10.1. The van der Waals surface area contributed by atoms with Gasteiger partial charge in [-0.15, -0.1) is 11.6 Å². The van der Waals surface area contributed by atoms with Crippen LogP contribution in [0.1, 0.15) is 21.3 Å². The molecular formula is C15H13ClINO.